The summed E-state index contributed by atoms with van der Waals surface area (Å²) in [7, 11) is 1.74. The van der Waals surface area contributed by atoms with E-state index in [0.717, 1.165) is 0 Å². The molecule has 0 N–H and O–H groups in total. The van der Waals surface area contributed by atoms with Gasteiger partial charge in [0.25, 0.3) is 6.08 Å². The van der Waals surface area contributed by atoms with Gasteiger partial charge in [0.15, 0.2) is 5.70 Å². The van der Waals surface area contributed by atoms with E-state index in [2.05, 4.69) is 0 Å². The molecule has 15 heavy (non-hydrogen) atoms. The molecule has 88 valence electrons. The molecule has 1 heterocycles. The lowest BCUT2D eigenvalue weighted by molar-refractivity contribution is -0.118. The van der Waals surface area contributed by atoms with Crippen molar-refractivity contribution >= 4 is 0 Å². The topological polar surface area (TPSA) is 6.48 Å². The summed E-state index contributed by atoms with van der Waals surface area (Å²) < 4.78 is 61.1. The highest BCUT2D eigenvalue weighted by Crippen LogP contribution is 2.32. The van der Waals surface area contributed by atoms with E-state index in [1.807, 2.05) is 0 Å². The number of allylic oxidation sites excluding steroid dienone is 1. The first kappa shape index (κ1) is 12.2. The molecule has 1 aliphatic heterocycles. The third-order valence-corrected chi connectivity index (χ3v) is 2.27. The molecule has 7 heteroatoms. The highest BCUT2D eigenvalue weighted by Gasteiger charge is 2.42. The number of hydrogen-bond acceptors (Lipinski definition) is 2. The van der Waals surface area contributed by atoms with Gasteiger partial charge in [-0.3, -0.25) is 0 Å². The average Bonchev–Trinajstić information content (AvgIpc) is 2.05. The van der Waals surface area contributed by atoms with Gasteiger partial charge < -0.3 is 9.80 Å². The van der Waals surface area contributed by atoms with Crippen molar-refractivity contribution < 1.29 is 22.0 Å². The highest BCUT2D eigenvalue weighted by molar-refractivity contribution is 5.09. The molecule has 1 aliphatic rings. The average molecular weight is 230 g/mol. The van der Waals surface area contributed by atoms with E-state index >= 15 is 0 Å². The van der Waals surface area contributed by atoms with Crippen molar-refractivity contribution in [3.63, 3.8) is 0 Å². The van der Waals surface area contributed by atoms with E-state index in [1.54, 1.807) is 11.9 Å². The standard InChI is InChI=1S/C8H11F5N2/c1-14-2-4-15(5-3-14)6(7(9)10)8(11,12)13/h2-5H2,1H3. The Labute approximate surface area is 83.9 Å². The molecule has 0 aromatic heterocycles. The SMILES string of the molecule is CN1CCN(C(=C(F)F)C(F)(F)F)CC1. The molecule has 0 spiro atoms. The fourth-order valence-corrected chi connectivity index (χ4v) is 1.44. The van der Waals surface area contributed by atoms with Crippen LogP contribution in [-0.2, 0) is 0 Å². The molecule has 1 rings (SSSR count). The summed E-state index contributed by atoms with van der Waals surface area (Å²) in [6.07, 6.45) is -7.64. The molecule has 0 saturated carbocycles. The third kappa shape index (κ3) is 3.05. The van der Waals surface area contributed by atoms with Crippen LogP contribution in [-0.4, -0.2) is 49.2 Å². The van der Waals surface area contributed by atoms with E-state index in [1.165, 1.54) is 0 Å². The molecule has 2 nitrogen and oxygen atoms in total. The zero-order valence-corrected chi connectivity index (χ0v) is 8.11. The van der Waals surface area contributed by atoms with E-state index in [0.29, 0.717) is 18.0 Å². The molecule has 0 amide bonds. The first-order valence-corrected chi connectivity index (χ1v) is 4.38. The lowest BCUT2D eigenvalue weighted by Crippen LogP contribution is -2.46. The number of piperazine rings is 1. The van der Waals surface area contributed by atoms with E-state index in [4.69, 9.17) is 0 Å². The Hall–Kier alpha value is -0.850. The smallest absolute Gasteiger partial charge is 0.361 e. The minimum atomic E-state index is -4.98. The van der Waals surface area contributed by atoms with Crippen LogP contribution in [0.4, 0.5) is 22.0 Å². The van der Waals surface area contributed by atoms with E-state index in [9.17, 15) is 22.0 Å². The number of alkyl halides is 3. The zero-order valence-electron chi connectivity index (χ0n) is 8.11. The van der Waals surface area contributed by atoms with Crippen LogP contribution in [0.15, 0.2) is 11.8 Å². The fraction of sp³-hybridized carbons (Fsp3) is 0.750. The maximum absolute atomic E-state index is 12.3. The summed E-state index contributed by atoms with van der Waals surface area (Å²) in [6, 6.07) is 0. The van der Waals surface area contributed by atoms with Crippen molar-refractivity contribution in [1.82, 2.24) is 9.80 Å². The van der Waals surface area contributed by atoms with Gasteiger partial charge in [-0.25, -0.2) is 0 Å². The van der Waals surface area contributed by atoms with Crippen molar-refractivity contribution in [2.24, 2.45) is 0 Å². The summed E-state index contributed by atoms with van der Waals surface area (Å²) in [5.41, 5.74) is -1.80. The summed E-state index contributed by atoms with van der Waals surface area (Å²) in [6.45, 7) is 0.658. The van der Waals surface area contributed by atoms with Gasteiger partial charge >= 0.3 is 6.18 Å². The number of nitrogens with zero attached hydrogens (tertiary/aromatic N) is 2. The molecule has 1 fully saturated rings. The van der Waals surface area contributed by atoms with Gasteiger partial charge in [-0.15, -0.1) is 0 Å². The lowest BCUT2D eigenvalue weighted by Gasteiger charge is -2.35. The minimum Gasteiger partial charge on any atom is -0.361 e. The van der Waals surface area contributed by atoms with Gasteiger partial charge in [0.1, 0.15) is 0 Å². The summed E-state index contributed by atoms with van der Waals surface area (Å²) in [5.74, 6) is 0. The second-order valence-corrected chi connectivity index (χ2v) is 3.40. The summed E-state index contributed by atoms with van der Waals surface area (Å²) in [4.78, 5) is 2.48. The minimum absolute atomic E-state index is 0.0251. The van der Waals surface area contributed by atoms with Crippen LogP contribution < -0.4 is 0 Å². The monoisotopic (exact) mass is 230 g/mol. The van der Waals surface area contributed by atoms with Gasteiger partial charge in [0.2, 0.25) is 0 Å². The normalized spacial score (nSPS) is 19.2. The third-order valence-electron chi connectivity index (χ3n) is 2.27. The molecular weight excluding hydrogens is 219 g/mol. The molecule has 0 bridgehead atoms. The predicted octanol–water partition coefficient (Wildman–Crippen LogP) is 1.90. The highest BCUT2D eigenvalue weighted by atomic mass is 19.4. The molecule has 0 radical (unpaired) electrons. The van der Waals surface area contributed by atoms with Crippen molar-refractivity contribution in [1.29, 1.82) is 0 Å². The van der Waals surface area contributed by atoms with Crippen LogP contribution in [0, 0.1) is 0 Å². The zero-order chi connectivity index (χ0) is 11.6. The van der Waals surface area contributed by atoms with Gasteiger partial charge in [-0.1, -0.05) is 0 Å². The second-order valence-electron chi connectivity index (χ2n) is 3.40. The van der Waals surface area contributed by atoms with Gasteiger partial charge in [0, 0.05) is 26.2 Å². The maximum atomic E-state index is 12.3. The fourth-order valence-electron chi connectivity index (χ4n) is 1.44. The van der Waals surface area contributed by atoms with Crippen LogP contribution in [0.5, 0.6) is 0 Å². The van der Waals surface area contributed by atoms with E-state index in [-0.39, 0.29) is 13.1 Å². The summed E-state index contributed by atoms with van der Waals surface area (Å²) in [5, 5.41) is 0. The molecular formula is C8H11F5N2. The quantitative estimate of drug-likeness (QED) is 0.635. The number of rotatable bonds is 1. The number of halogens is 5. The number of hydrogen-bond donors (Lipinski definition) is 0. The molecule has 0 aromatic carbocycles. The van der Waals surface area contributed by atoms with Gasteiger partial charge in [-0.2, -0.15) is 22.0 Å². The Morgan fingerprint density at radius 3 is 1.80 bits per heavy atom. The van der Waals surface area contributed by atoms with Crippen molar-refractivity contribution in [2.75, 3.05) is 33.2 Å². The Bertz CT molecular complexity index is 248. The number of likely N-dealkylation sites (N-methyl/N-ethyl adjacent to an activating group) is 1. The largest absolute Gasteiger partial charge is 0.436 e. The van der Waals surface area contributed by atoms with Crippen molar-refractivity contribution in [3.05, 3.63) is 11.8 Å². The van der Waals surface area contributed by atoms with Crippen LogP contribution in [0.3, 0.4) is 0 Å². The molecule has 1 saturated heterocycles. The van der Waals surface area contributed by atoms with Crippen molar-refractivity contribution in [3.8, 4) is 0 Å². The first-order valence-electron chi connectivity index (χ1n) is 4.38. The molecule has 0 unspecified atom stereocenters. The Morgan fingerprint density at radius 2 is 1.47 bits per heavy atom. The van der Waals surface area contributed by atoms with Crippen LogP contribution >= 0.6 is 0 Å². The molecule has 0 atom stereocenters. The van der Waals surface area contributed by atoms with E-state index < -0.39 is 18.0 Å². The van der Waals surface area contributed by atoms with Crippen LogP contribution in [0.2, 0.25) is 0 Å². The maximum Gasteiger partial charge on any atom is 0.436 e. The Morgan fingerprint density at radius 1 is 1.00 bits per heavy atom. The molecule has 0 aromatic rings. The van der Waals surface area contributed by atoms with Gasteiger partial charge in [0.05, 0.1) is 0 Å². The van der Waals surface area contributed by atoms with Crippen LogP contribution in [0.25, 0.3) is 0 Å². The van der Waals surface area contributed by atoms with Gasteiger partial charge in [-0.05, 0) is 7.05 Å². The Balaban J connectivity index is 2.80. The summed E-state index contributed by atoms with van der Waals surface area (Å²) >= 11 is 0. The lowest BCUT2D eigenvalue weighted by atomic mass is 10.3. The second kappa shape index (κ2) is 4.34. The van der Waals surface area contributed by atoms with Crippen LogP contribution in [0.1, 0.15) is 0 Å². The predicted molar refractivity (Wildman–Crippen MR) is 44.4 cm³/mol. The Kier molecular flexibility index (Phi) is 3.54. The first-order chi connectivity index (χ1) is 6.82. The van der Waals surface area contributed by atoms with Crippen molar-refractivity contribution in [2.45, 2.75) is 6.18 Å². The molecule has 0 aliphatic carbocycles.